The molecule has 4 aromatic rings. The Balaban J connectivity index is 1.40. The summed E-state index contributed by atoms with van der Waals surface area (Å²) in [4.78, 5) is 33.8. The molecule has 7 nitrogen and oxygen atoms in total. The number of amides is 1. The van der Waals surface area contributed by atoms with Crippen molar-refractivity contribution in [1.29, 1.82) is 0 Å². The number of anilines is 1. The van der Waals surface area contributed by atoms with Crippen molar-refractivity contribution >= 4 is 24.5 Å². The van der Waals surface area contributed by atoms with Crippen molar-refractivity contribution in [2.24, 2.45) is 5.92 Å². The van der Waals surface area contributed by atoms with Crippen LogP contribution in [0.1, 0.15) is 49.0 Å². The van der Waals surface area contributed by atoms with Crippen LogP contribution in [0.25, 0.3) is 11.1 Å². The summed E-state index contributed by atoms with van der Waals surface area (Å²) in [5.41, 5.74) is 3.31. The first-order chi connectivity index (χ1) is 19.6. The summed E-state index contributed by atoms with van der Waals surface area (Å²) in [5.74, 6) is -0.527. The van der Waals surface area contributed by atoms with Gasteiger partial charge in [0.15, 0.2) is 0 Å². The van der Waals surface area contributed by atoms with Crippen LogP contribution in [0.4, 0.5) is 10.1 Å². The molecule has 0 radical (unpaired) electrons. The van der Waals surface area contributed by atoms with Gasteiger partial charge in [0.1, 0.15) is 11.6 Å². The highest BCUT2D eigenvalue weighted by Crippen LogP contribution is 2.47. The molecular formula is C32H31FNO6P. The number of para-hydroxylation sites is 1. The van der Waals surface area contributed by atoms with Crippen LogP contribution in [-0.2, 0) is 9.36 Å². The number of aliphatic hydroxyl groups is 1. The van der Waals surface area contributed by atoms with E-state index in [9.17, 15) is 33.7 Å². The van der Waals surface area contributed by atoms with Crippen LogP contribution in [0.5, 0.6) is 5.75 Å². The zero-order valence-electron chi connectivity index (χ0n) is 22.2. The van der Waals surface area contributed by atoms with Gasteiger partial charge in [-0.15, -0.1) is 0 Å². The van der Waals surface area contributed by atoms with Crippen molar-refractivity contribution in [3.05, 3.63) is 114 Å². The lowest BCUT2D eigenvalue weighted by Gasteiger charge is -2.30. The van der Waals surface area contributed by atoms with E-state index >= 15 is 0 Å². The van der Waals surface area contributed by atoms with Crippen molar-refractivity contribution in [1.82, 2.24) is 0 Å². The predicted octanol–water partition coefficient (Wildman–Crippen LogP) is 6.00. The number of hydrogen-bond acceptors (Lipinski definition) is 4. The van der Waals surface area contributed by atoms with Gasteiger partial charge in [-0.25, -0.2) is 4.39 Å². The Morgan fingerprint density at radius 3 is 2.20 bits per heavy atom. The number of rotatable bonds is 9. The second-order valence-corrected chi connectivity index (χ2v) is 12.0. The van der Waals surface area contributed by atoms with Crippen LogP contribution < -0.4 is 10.2 Å². The van der Waals surface area contributed by atoms with Crippen LogP contribution in [0, 0.1) is 11.7 Å². The smallest absolute Gasteiger partial charge is 0.356 e. The average molecular weight is 576 g/mol. The highest BCUT2D eigenvalue weighted by atomic mass is 31.2. The molecular weight excluding hydrogens is 544 g/mol. The number of carbonyl (C=O) groups is 1. The number of nitrogens with zero attached hydrogens (tertiary/aromatic N) is 1. The minimum atomic E-state index is -4.36. The van der Waals surface area contributed by atoms with Gasteiger partial charge in [0, 0.05) is 17.7 Å². The highest BCUT2D eigenvalue weighted by Gasteiger charge is 2.42. The lowest BCUT2D eigenvalue weighted by atomic mass is 9.87. The molecule has 1 aliphatic rings. The van der Waals surface area contributed by atoms with Crippen LogP contribution in [0.2, 0.25) is 0 Å². The molecule has 0 unspecified atom stereocenters. The topological polar surface area (TPSA) is 118 Å². The van der Waals surface area contributed by atoms with Gasteiger partial charge >= 0.3 is 7.60 Å². The van der Waals surface area contributed by atoms with E-state index in [0.717, 1.165) is 5.69 Å². The van der Waals surface area contributed by atoms with E-state index < -0.39 is 19.7 Å². The maximum absolute atomic E-state index is 13.3. The fraction of sp³-hybridized carbons (Fsp3) is 0.219. The fourth-order valence-corrected chi connectivity index (χ4v) is 6.13. The molecule has 41 heavy (non-hydrogen) atoms. The minimum absolute atomic E-state index is 0.0125. The molecule has 3 atom stereocenters. The number of phenols is 1. The lowest BCUT2D eigenvalue weighted by Crippen LogP contribution is -2.28. The van der Waals surface area contributed by atoms with Gasteiger partial charge < -0.3 is 24.9 Å². The Bertz CT molecular complexity index is 1560. The first kappa shape index (κ1) is 28.7. The normalized spacial score (nSPS) is 18.0. The van der Waals surface area contributed by atoms with Crippen LogP contribution in [0.15, 0.2) is 97.1 Å². The number of hydrogen-bond donors (Lipinski definition) is 4. The summed E-state index contributed by atoms with van der Waals surface area (Å²) in [5, 5.41) is 21.7. The van der Waals surface area contributed by atoms with Gasteiger partial charge in [-0.3, -0.25) is 9.36 Å². The van der Waals surface area contributed by atoms with E-state index in [-0.39, 0.29) is 35.1 Å². The molecule has 0 aromatic heterocycles. The number of benzene rings is 4. The fourth-order valence-electron chi connectivity index (χ4n) is 5.59. The van der Waals surface area contributed by atoms with E-state index in [4.69, 9.17) is 0 Å². The molecule has 4 aromatic carbocycles. The molecule has 5 rings (SSSR count). The summed E-state index contributed by atoms with van der Waals surface area (Å²) in [6, 6.07) is 25.8. The molecule has 4 N–H and O–H groups in total. The molecule has 1 saturated heterocycles. The molecule has 212 valence electrons. The van der Waals surface area contributed by atoms with Crippen LogP contribution in [-0.4, -0.2) is 25.9 Å². The van der Waals surface area contributed by atoms with E-state index in [1.54, 1.807) is 41.3 Å². The Morgan fingerprint density at radius 2 is 1.56 bits per heavy atom. The van der Waals surface area contributed by atoms with Crippen molar-refractivity contribution in [2.75, 3.05) is 4.90 Å². The standard InChI is InChI=1S/C32H31FNO6P/c33-25-14-9-22(10-15-25)29(35)8-4-5-24-20-31(37)34(26-6-2-1-3-7-26)32(24)28-18-13-23(19-30(28)36)21-11-16-27(17-12-21)41(38,39)40/h1-3,6-7,9-19,24,29,32,35-36H,4-5,8,20H2,(H2,38,39,40)/t24-,29-,32+/m1/s1. The minimum Gasteiger partial charge on any atom is -0.508 e. The second kappa shape index (κ2) is 12.0. The monoisotopic (exact) mass is 575 g/mol. The molecule has 9 heteroatoms. The van der Waals surface area contributed by atoms with Gasteiger partial charge in [0.2, 0.25) is 5.91 Å². The molecule has 0 bridgehead atoms. The number of carbonyl (C=O) groups excluding carboxylic acids is 1. The lowest BCUT2D eigenvalue weighted by molar-refractivity contribution is -0.117. The largest absolute Gasteiger partial charge is 0.508 e. The molecule has 1 heterocycles. The van der Waals surface area contributed by atoms with Crippen molar-refractivity contribution in [3.63, 3.8) is 0 Å². The third-order valence-corrected chi connectivity index (χ3v) is 8.63. The van der Waals surface area contributed by atoms with Crippen molar-refractivity contribution < 1.29 is 33.7 Å². The SMILES string of the molecule is O=C1C[C@@H](CCC[C@@H](O)c2ccc(F)cc2)[C@@H](c2ccc(-c3ccc(P(=O)(O)O)cc3)cc2O)N1c1ccccc1. The number of phenolic OH excluding ortho intramolecular Hbond substituents is 1. The van der Waals surface area contributed by atoms with Gasteiger partial charge in [0.25, 0.3) is 0 Å². The summed E-state index contributed by atoms with van der Waals surface area (Å²) in [6.45, 7) is 0. The second-order valence-electron chi connectivity index (χ2n) is 10.4. The first-order valence-electron chi connectivity index (χ1n) is 13.4. The Labute approximate surface area is 237 Å². The van der Waals surface area contributed by atoms with E-state index in [1.165, 1.54) is 24.3 Å². The van der Waals surface area contributed by atoms with E-state index in [1.807, 2.05) is 36.4 Å². The van der Waals surface area contributed by atoms with Crippen LogP contribution >= 0.6 is 7.60 Å². The number of aromatic hydroxyl groups is 1. The quantitative estimate of drug-likeness (QED) is 0.182. The molecule has 1 amide bonds. The van der Waals surface area contributed by atoms with Gasteiger partial charge in [-0.1, -0.05) is 61.0 Å². The zero-order valence-corrected chi connectivity index (χ0v) is 23.1. The molecule has 0 aliphatic carbocycles. The Morgan fingerprint density at radius 1 is 0.902 bits per heavy atom. The summed E-state index contributed by atoms with van der Waals surface area (Å²) >= 11 is 0. The van der Waals surface area contributed by atoms with Crippen molar-refractivity contribution in [2.45, 2.75) is 37.8 Å². The molecule has 1 aliphatic heterocycles. The predicted molar refractivity (Wildman–Crippen MR) is 155 cm³/mol. The molecule has 0 saturated carbocycles. The van der Waals surface area contributed by atoms with Gasteiger partial charge in [0.05, 0.1) is 17.5 Å². The third-order valence-electron chi connectivity index (χ3n) is 7.66. The van der Waals surface area contributed by atoms with Gasteiger partial charge in [-0.05, 0) is 77.9 Å². The Kier molecular flexibility index (Phi) is 8.38. The first-order valence-corrected chi connectivity index (χ1v) is 15.0. The van der Waals surface area contributed by atoms with E-state index in [0.29, 0.717) is 41.5 Å². The summed E-state index contributed by atoms with van der Waals surface area (Å²) in [6.07, 6.45) is 1.24. The van der Waals surface area contributed by atoms with Crippen LogP contribution in [0.3, 0.4) is 0 Å². The summed E-state index contributed by atoms with van der Waals surface area (Å²) in [7, 11) is -4.36. The van der Waals surface area contributed by atoms with E-state index in [2.05, 4.69) is 0 Å². The number of halogens is 1. The number of aliphatic hydroxyl groups excluding tert-OH is 1. The van der Waals surface area contributed by atoms with Crippen molar-refractivity contribution in [3.8, 4) is 16.9 Å². The third kappa shape index (κ3) is 6.42. The molecule has 0 spiro atoms. The summed E-state index contributed by atoms with van der Waals surface area (Å²) < 4.78 is 24.8. The van der Waals surface area contributed by atoms with Gasteiger partial charge in [-0.2, -0.15) is 0 Å². The molecule has 1 fully saturated rings. The zero-order chi connectivity index (χ0) is 29.1. The average Bonchev–Trinajstić information content (AvgIpc) is 3.28. The maximum Gasteiger partial charge on any atom is 0.356 e. The maximum atomic E-state index is 13.3. The Hall–Kier alpha value is -3.81. The highest BCUT2D eigenvalue weighted by molar-refractivity contribution is 7.60.